The average Bonchev–Trinajstić information content (AvgIpc) is 3.16. The fourth-order valence-electron chi connectivity index (χ4n) is 6.06. The SMILES string of the molecule is CC/C=C\C/C=C\C/C=C\C/C=C\C/C=C\CCCCCCCCCCCCCC(=O)NC(COP(=O)([O-])OCC[N+](C)(C)C)C(O)/C=C/CCCCCCCC. The smallest absolute Gasteiger partial charge is 0.268 e. The van der Waals surface area contributed by atoms with Crippen LogP contribution >= 0.6 is 7.82 Å². The summed E-state index contributed by atoms with van der Waals surface area (Å²) in [5.74, 6) is -0.208. The van der Waals surface area contributed by atoms with E-state index in [0.717, 1.165) is 70.6 Å². The van der Waals surface area contributed by atoms with Gasteiger partial charge in [-0.25, -0.2) is 0 Å². The number of nitrogens with zero attached hydrogens (tertiary/aromatic N) is 1. The molecule has 8 nitrogen and oxygen atoms in total. The predicted molar refractivity (Wildman–Crippen MR) is 242 cm³/mol. The van der Waals surface area contributed by atoms with Crippen molar-refractivity contribution in [3.63, 3.8) is 0 Å². The molecule has 57 heavy (non-hydrogen) atoms. The van der Waals surface area contributed by atoms with Crippen LogP contribution in [0.5, 0.6) is 0 Å². The molecule has 2 N–H and O–H groups in total. The summed E-state index contributed by atoms with van der Waals surface area (Å²) in [7, 11) is 1.25. The molecular formula is C48H87N2O6P. The van der Waals surface area contributed by atoms with Crippen molar-refractivity contribution in [1.29, 1.82) is 0 Å². The second-order valence-corrected chi connectivity index (χ2v) is 17.8. The highest BCUT2D eigenvalue weighted by atomic mass is 31.2. The number of rotatable bonds is 40. The maximum Gasteiger partial charge on any atom is 0.268 e. The molecule has 9 heteroatoms. The lowest BCUT2D eigenvalue weighted by Gasteiger charge is -2.29. The van der Waals surface area contributed by atoms with Crippen molar-refractivity contribution in [2.45, 2.75) is 187 Å². The average molecular weight is 819 g/mol. The Labute approximate surface area is 351 Å². The number of likely N-dealkylation sites (N-methyl/N-ethyl adjacent to an activating group) is 1. The molecule has 3 unspecified atom stereocenters. The molecule has 0 aromatic heterocycles. The molecule has 0 saturated heterocycles. The van der Waals surface area contributed by atoms with E-state index in [4.69, 9.17) is 9.05 Å². The van der Waals surface area contributed by atoms with E-state index in [-0.39, 0.29) is 19.1 Å². The van der Waals surface area contributed by atoms with Gasteiger partial charge in [-0.1, -0.05) is 177 Å². The summed E-state index contributed by atoms with van der Waals surface area (Å²) in [4.78, 5) is 25.2. The van der Waals surface area contributed by atoms with Crippen molar-refractivity contribution in [1.82, 2.24) is 5.32 Å². The van der Waals surface area contributed by atoms with Gasteiger partial charge in [-0.2, -0.15) is 0 Å². The molecule has 0 aromatic rings. The summed E-state index contributed by atoms with van der Waals surface area (Å²) in [6.07, 6.45) is 52.5. The first-order valence-corrected chi connectivity index (χ1v) is 24.3. The second-order valence-electron chi connectivity index (χ2n) is 16.4. The third-order valence-electron chi connectivity index (χ3n) is 9.67. The normalized spacial score (nSPS) is 15.0. The Morgan fingerprint density at radius 1 is 0.632 bits per heavy atom. The highest BCUT2D eigenvalue weighted by Gasteiger charge is 2.23. The first-order valence-electron chi connectivity index (χ1n) is 22.8. The first kappa shape index (κ1) is 54.9. The van der Waals surface area contributed by atoms with Gasteiger partial charge in [0, 0.05) is 6.42 Å². The fraction of sp³-hybridized carbons (Fsp3) is 0.729. The number of hydrogen-bond acceptors (Lipinski definition) is 6. The van der Waals surface area contributed by atoms with Gasteiger partial charge in [-0.3, -0.25) is 9.36 Å². The minimum Gasteiger partial charge on any atom is -0.756 e. The van der Waals surface area contributed by atoms with Gasteiger partial charge in [0.2, 0.25) is 5.91 Å². The number of unbranched alkanes of at least 4 members (excludes halogenated alkanes) is 17. The number of amides is 1. The highest BCUT2D eigenvalue weighted by molar-refractivity contribution is 7.45. The van der Waals surface area contributed by atoms with E-state index in [0.29, 0.717) is 17.4 Å². The molecule has 0 spiro atoms. The molecule has 0 rings (SSSR count). The molecule has 0 aliphatic heterocycles. The van der Waals surface area contributed by atoms with Crippen LogP contribution in [0.2, 0.25) is 0 Å². The Kier molecular flexibility index (Phi) is 38.0. The third kappa shape index (κ3) is 41.9. The number of carbonyl (C=O) groups excluding carboxylic acids is 1. The second kappa shape index (κ2) is 39.4. The zero-order valence-corrected chi connectivity index (χ0v) is 38.2. The van der Waals surface area contributed by atoms with E-state index in [1.807, 2.05) is 27.2 Å². The van der Waals surface area contributed by atoms with E-state index < -0.39 is 20.0 Å². The summed E-state index contributed by atoms with van der Waals surface area (Å²) in [5.41, 5.74) is 0. The molecule has 0 heterocycles. The van der Waals surface area contributed by atoms with Crippen LogP contribution in [0.4, 0.5) is 0 Å². The highest BCUT2D eigenvalue weighted by Crippen LogP contribution is 2.38. The number of phosphoric acid groups is 1. The quantitative estimate of drug-likeness (QED) is 0.0276. The van der Waals surface area contributed by atoms with E-state index >= 15 is 0 Å². The van der Waals surface area contributed by atoms with Crippen LogP contribution in [0.1, 0.15) is 174 Å². The van der Waals surface area contributed by atoms with Gasteiger partial charge < -0.3 is 28.8 Å². The number of phosphoric ester groups is 1. The van der Waals surface area contributed by atoms with Crippen molar-refractivity contribution in [2.24, 2.45) is 0 Å². The van der Waals surface area contributed by atoms with Gasteiger partial charge >= 0.3 is 0 Å². The van der Waals surface area contributed by atoms with Gasteiger partial charge in [0.05, 0.1) is 39.9 Å². The topological polar surface area (TPSA) is 108 Å². The zero-order valence-electron chi connectivity index (χ0n) is 37.3. The van der Waals surface area contributed by atoms with Crippen LogP contribution in [-0.4, -0.2) is 68.5 Å². The molecule has 330 valence electrons. The van der Waals surface area contributed by atoms with Crippen molar-refractivity contribution in [3.8, 4) is 0 Å². The maximum absolute atomic E-state index is 12.8. The molecule has 0 bridgehead atoms. The lowest BCUT2D eigenvalue weighted by atomic mass is 10.0. The van der Waals surface area contributed by atoms with Crippen LogP contribution in [0.3, 0.4) is 0 Å². The first-order chi connectivity index (χ1) is 27.5. The molecular weight excluding hydrogens is 732 g/mol. The summed E-state index contributed by atoms with van der Waals surface area (Å²) in [6, 6.07) is -0.888. The van der Waals surface area contributed by atoms with Gasteiger partial charge in [0.15, 0.2) is 0 Å². The largest absolute Gasteiger partial charge is 0.756 e. The molecule has 0 radical (unpaired) electrons. The van der Waals surface area contributed by atoms with Crippen molar-refractivity contribution in [3.05, 3.63) is 72.9 Å². The number of carbonyl (C=O) groups is 1. The Morgan fingerprint density at radius 2 is 1.07 bits per heavy atom. The van der Waals surface area contributed by atoms with E-state index in [1.54, 1.807) is 6.08 Å². The number of quaternary nitrogens is 1. The van der Waals surface area contributed by atoms with Crippen molar-refractivity contribution >= 4 is 13.7 Å². The minimum absolute atomic E-state index is 0.00496. The molecule has 1 amide bonds. The third-order valence-corrected chi connectivity index (χ3v) is 10.6. The van der Waals surface area contributed by atoms with Crippen molar-refractivity contribution < 1.29 is 32.9 Å². The Morgan fingerprint density at radius 3 is 1.56 bits per heavy atom. The minimum atomic E-state index is -4.58. The fourth-order valence-corrected chi connectivity index (χ4v) is 6.78. The summed E-state index contributed by atoms with van der Waals surface area (Å²) < 4.78 is 23.1. The molecule has 0 fully saturated rings. The molecule has 0 saturated carbocycles. The van der Waals surface area contributed by atoms with Crippen LogP contribution in [0.15, 0.2) is 72.9 Å². The Bertz CT molecular complexity index is 1160. The lowest BCUT2D eigenvalue weighted by Crippen LogP contribution is -2.45. The molecule has 0 aliphatic rings. The van der Waals surface area contributed by atoms with Crippen LogP contribution in [0, 0.1) is 0 Å². The van der Waals surface area contributed by atoms with Crippen LogP contribution in [-0.2, 0) is 18.4 Å². The lowest BCUT2D eigenvalue weighted by molar-refractivity contribution is -0.870. The summed E-state index contributed by atoms with van der Waals surface area (Å²) in [5, 5.41) is 13.7. The number of aliphatic hydroxyl groups excluding tert-OH is 1. The number of allylic oxidation sites excluding steroid dienone is 11. The van der Waals surface area contributed by atoms with Crippen LogP contribution < -0.4 is 10.2 Å². The monoisotopic (exact) mass is 819 g/mol. The van der Waals surface area contributed by atoms with E-state index in [9.17, 15) is 19.4 Å². The van der Waals surface area contributed by atoms with Gasteiger partial charge in [0.1, 0.15) is 13.2 Å². The maximum atomic E-state index is 12.8. The van der Waals surface area contributed by atoms with E-state index in [2.05, 4.69) is 79.9 Å². The molecule has 0 aliphatic carbocycles. The molecule has 3 atom stereocenters. The standard InChI is InChI=1S/C48H87N2O6P/c1-6-8-10-12-14-16-17-18-19-20-21-22-23-24-25-26-27-28-29-30-31-32-33-34-36-38-40-42-48(52)49-46(45-56-57(53,54)55-44-43-50(3,4)5)47(51)41-39-37-35-15-13-11-9-7-2/h8,10,14,16,18-19,21-22,24-25,39,41,46-47,51H,6-7,9,11-13,15,17,20,23,26-38,40,42-45H2,1-5H3,(H-,49,52,53,54)/b10-8-,16-14-,19-18-,22-21-,25-24-,41-39+. The Hall–Kier alpha value is -2.06. The van der Waals surface area contributed by atoms with Gasteiger partial charge in [-0.05, 0) is 64.2 Å². The number of aliphatic hydroxyl groups is 1. The Balaban J connectivity index is 4.15. The molecule has 0 aromatic carbocycles. The zero-order chi connectivity index (χ0) is 42.1. The van der Waals surface area contributed by atoms with E-state index in [1.165, 1.54) is 83.5 Å². The van der Waals surface area contributed by atoms with Gasteiger partial charge in [0.25, 0.3) is 7.82 Å². The van der Waals surface area contributed by atoms with Crippen molar-refractivity contribution in [2.75, 3.05) is 40.9 Å². The van der Waals surface area contributed by atoms with Crippen LogP contribution in [0.25, 0.3) is 0 Å². The summed E-state index contributed by atoms with van der Waals surface area (Å²) in [6.45, 7) is 4.46. The number of nitrogens with one attached hydrogen (secondary N) is 1. The summed E-state index contributed by atoms with van der Waals surface area (Å²) >= 11 is 0. The van der Waals surface area contributed by atoms with Gasteiger partial charge in [-0.15, -0.1) is 0 Å². The number of hydrogen-bond donors (Lipinski definition) is 2. The predicted octanol–water partition coefficient (Wildman–Crippen LogP) is 12.2.